The number of pyridine rings is 1. The van der Waals surface area contributed by atoms with Crippen molar-refractivity contribution < 1.29 is 23.0 Å². The Morgan fingerprint density at radius 1 is 1.13 bits per heavy atom. The molecule has 2 atom stereocenters. The molecule has 1 saturated carbocycles. The summed E-state index contributed by atoms with van der Waals surface area (Å²) in [5, 5.41) is 11.6. The molecule has 4 aliphatic rings. The zero-order valence-electron chi connectivity index (χ0n) is 33.0. The fourth-order valence-electron chi connectivity index (χ4n) is 6.98. The van der Waals surface area contributed by atoms with Gasteiger partial charge in [0.1, 0.15) is 23.2 Å². The van der Waals surface area contributed by atoms with Crippen molar-refractivity contribution >= 4 is 34.2 Å². The lowest BCUT2D eigenvalue weighted by atomic mass is 9.99. The van der Waals surface area contributed by atoms with Crippen LogP contribution in [0.5, 0.6) is 6.01 Å². The van der Waals surface area contributed by atoms with Crippen LogP contribution in [0.25, 0.3) is 22.2 Å². The number of hydrogen-bond acceptors (Lipinski definition) is 10. The molecule has 0 spiro atoms. The van der Waals surface area contributed by atoms with E-state index in [0.717, 1.165) is 37.9 Å². The number of hydrogen-bond donors (Lipinski definition) is 1. The number of benzene rings is 1. The lowest BCUT2D eigenvalue weighted by Crippen LogP contribution is -2.48. The van der Waals surface area contributed by atoms with E-state index in [4.69, 9.17) is 26.3 Å². The Bertz CT molecular complexity index is 1730. The summed E-state index contributed by atoms with van der Waals surface area (Å²) in [6.45, 7) is 14.3. The zero-order valence-corrected chi connectivity index (χ0v) is 33.8. The van der Waals surface area contributed by atoms with E-state index in [1.807, 2.05) is 36.1 Å². The number of amides is 1. The topological polar surface area (TPSA) is 120 Å². The molecule has 5 heterocycles. The Morgan fingerprint density at radius 3 is 2.51 bits per heavy atom. The number of aromatic nitrogens is 3. The number of carbonyl (C=O) groups excluding carboxylic acids is 1. The monoisotopic (exact) mass is 782 g/mol. The summed E-state index contributed by atoms with van der Waals surface area (Å²) in [6, 6.07) is 7.95. The molecule has 1 aliphatic carbocycles. The van der Waals surface area contributed by atoms with Crippen LogP contribution in [0.2, 0.25) is 5.02 Å². The summed E-state index contributed by atoms with van der Waals surface area (Å²) in [5.41, 5.74) is 2.00. The van der Waals surface area contributed by atoms with Crippen LogP contribution in [0.3, 0.4) is 0 Å². The number of rotatable bonds is 11. The maximum Gasteiger partial charge on any atom is 0.318 e. The molecule has 1 aromatic carbocycles. The minimum atomic E-state index is -0.530. The van der Waals surface area contributed by atoms with Crippen molar-refractivity contribution in [3.05, 3.63) is 53.0 Å². The molecule has 1 N–H and O–H groups in total. The molecule has 300 valence electrons. The van der Waals surface area contributed by atoms with Gasteiger partial charge in [-0.2, -0.15) is 15.2 Å². The van der Waals surface area contributed by atoms with E-state index >= 15 is 4.39 Å². The smallest absolute Gasteiger partial charge is 0.318 e. The fourth-order valence-corrected chi connectivity index (χ4v) is 7.31. The van der Waals surface area contributed by atoms with Gasteiger partial charge in [-0.05, 0) is 63.1 Å². The van der Waals surface area contributed by atoms with Crippen LogP contribution in [-0.2, 0) is 9.53 Å². The highest BCUT2D eigenvalue weighted by Crippen LogP contribution is 2.48. The number of halogens is 3. The summed E-state index contributed by atoms with van der Waals surface area (Å²) in [4.78, 5) is 32.2. The Balaban J connectivity index is 0.000000374. The molecule has 2 aromatic heterocycles. The van der Waals surface area contributed by atoms with Gasteiger partial charge in [-0.15, -0.1) is 0 Å². The van der Waals surface area contributed by atoms with E-state index in [9.17, 15) is 9.18 Å². The van der Waals surface area contributed by atoms with Crippen LogP contribution in [0.1, 0.15) is 77.7 Å². The third kappa shape index (κ3) is 12.3. The number of nitrogens with zero attached hydrogens (tertiary/aromatic N) is 7. The van der Waals surface area contributed by atoms with Crippen LogP contribution in [0.4, 0.5) is 14.6 Å². The van der Waals surface area contributed by atoms with Gasteiger partial charge in [0.05, 0.1) is 25.2 Å². The normalized spacial score (nSPS) is 19.1. The molecule has 55 heavy (non-hydrogen) atoms. The molecular formula is C41H57ClF2N8O3. The van der Waals surface area contributed by atoms with Crippen molar-refractivity contribution in [2.24, 2.45) is 0 Å². The van der Waals surface area contributed by atoms with E-state index in [1.54, 1.807) is 23.2 Å². The van der Waals surface area contributed by atoms with Gasteiger partial charge in [0.25, 0.3) is 0 Å². The largest absolute Gasteiger partial charge is 0.467 e. The molecule has 11 nitrogen and oxygen atoms in total. The molecule has 7 rings (SSSR count). The second-order valence-electron chi connectivity index (χ2n) is 13.9. The first-order valence-corrected chi connectivity index (χ1v) is 20.0. The van der Waals surface area contributed by atoms with Crippen molar-refractivity contribution in [2.75, 3.05) is 77.6 Å². The van der Waals surface area contributed by atoms with Crippen molar-refractivity contribution in [2.45, 2.75) is 84.4 Å². The van der Waals surface area contributed by atoms with Crippen LogP contribution in [0.15, 0.2) is 36.5 Å². The van der Waals surface area contributed by atoms with Crippen molar-refractivity contribution in [3.8, 4) is 23.3 Å². The highest BCUT2D eigenvalue weighted by molar-refractivity contribution is 6.32. The van der Waals surface area contributed by atoms with Crippen LogP contribution in [-0.4, -0.2) is 116 Å². The van der Waals surface area contributed by atoms with E-state index in [0.29, 0.717) is 86.2 Å². The molecule has 4 fully saturated rings. The molecule has 14 heteroatoms. The predicted molar refractivity (Wildman–Crippen MR) is 215 cm³/mol. The fraction of sp³-hybridized carbons (Fsp3) is 0.585. The highest BCUT2D eigenvalue weighted by atomic mass is 35.5. The van der Waals surface area contributed by atoms with Crippen molar-refractivity contribution in [3.63, 3.8) is 0 Å². The Morgan fingerprint density at radius 2 is 1.85 bits per heavy atom. The summed E-state index contributed by atoms with van der Waals surface area (Å²) in [6.07, 6.45) is 11.2. The van der Waals surface area contributed by atoms with Crippen LogP contribution in [0, 0.1) is 17.1 Å². The number of fused-ring (bicyclic) bond motifs is 2. The van der Waals surface area contributed by atoms with Crippen molar-refractivity contribution in [1.82, 2.24) is 30.1 Å². The predicted octanol–water partition coefficient (Wildman–Crippen LogP) is 7.34. The highest BCUT2D eigenvalue weighted by Gasteiger charge is 2.35. The molecule has 0 radical (unpaired) electrons. The number of alkyl halides is 1. The minimum absolute atomic E-state index is 0.0401. The van der Waals surface area contributed by atoms with Gasteiger partial charge in [-0.3, -0.25) is 14.7 Å². The summed E-state index contributed by atoms with van der Waals surface area (Å²) in [7, 11) is 1.46. The first-order valence-electron chi connectivity index (χ1n) is 19.6. The molecule has 3 aromatic rings. The Labute approximate surface area is 330 Å². The third-order valence-corrected chi connectivity index (χ3v) is 9.95. The van der Waals surface area contributed by atoms with E-state index in [2.05, 4.69) is 39.0 Å². The maximum absolute atomic E-state index is 16.1. The van der Waals surface area contributed by atoms with Crippen LogP contribution < -0.4 is 15.0 Å². The number of piperazine rings is 1. The number of methoxy groups -OCH3 is 1. The van der Waals surface area contributed by atoms with Crippen molar-refractivity contribution in [1.29, 1.82) is 5.26 Å². The SMILES string of the molecule is CC#N.CCC.CCOCCNC/C=C/C(=O)N1CCN(c2nc(OC)nc3c(F)c(-c4cccc(Cl)c4C4CC4)ncc23)CC1.FC1CC2CCCN2C1. The molecule has 0 bridgehead atoms. The average molecular weight is 783 g/mol. The second-order valence-corrected chi connectivity index (χ2v) is 14.3. The van der Waals surface area contributed by atoms with Gasteiger partial charge < -0.3 is 24.6 Å². The van der Waals surface area contributed by atoms with Gasteiger partial charge in [-0.25, -0.2) is 8.78 Å². The summed E-state index contributed by atoms with van der Waals surface area (Å²) < 4.78 is 39.3. The number of nitriles is 1. The number of carbonyl (C=O) groups is 1. The molecule has 1 amide bonds. The Kier molecular flexibility index (Phi) is 17.9. The van der Waals surface area contributed by atoms with E-state index < -0.39 is 12.0 Å². The lowest BCUT2D eigenvalue weighted by Gasteiger charge is -2.35. The van der Waals surface area contributed by atoms with Gasteiger partial charge in [-0.1, -0.05) is 50.1 Å². The standard InChI is InChI=1S/C29H34ClFN6O3.C7H12FN.C3H8.C2H3N/c1-3-40-17-12-32-11-5-8-23(38)36-13-15-37(16-14-36)28-21-18-33-26(25(31)27(21)34-29(35-28)39-2)20-6-4-7-22(30)24(20)19-9-10-19;8-6-4-7-2-1-3-9(7)5-6;1-3-2;1-2-3/h4-8,18-19,32H,3,9-17H2,1-2H3;6-7H,1-5H2;3H2,1-2H3;1H3/b8-5+;;;. The first kappa shape index (κ1) is 43.8. The molecular weight excluding hydrogens is 726 g/mol. The van der Waals surface area contributed by atoms with Gasteiger partial charge in [0.2, 0.25) is 5.91 Å². The summed E-state index contributed by atoms with van der Waals surface area (Å²) >= 11 is 6.51. The van der Waals surface area contributed by atoms with Gasteiger partial charge >= 0.3 is 6.01 Å². The Hall–Kier alpha value is -3.96. The number of ether oxygens (including phenoxy) is 2. The third-order valence-electron chi connectivity index (χ3n) is 9.62. The average Bonchev–Trinajstić information content (AvgIpc) is 3.83. The quantitative estimate of drug-likeness (QED) is 0.156. The second kappa shape index (κ2) is 22.6. The maximum atomic E-state index is 16.1. The van der Waals surface area contributed by atoms with E-state index in [-0.39, 0.29) is 23.1 Å². The van der Waals surface area contributed by atoms with Crippen LogP contribution >= 0.6 is 11.6 Å². The molecule has 3 saturated heterocycles. The number of anilines is 1. The van der Waals surface area contributed by atoms with E-state index in [1.165, 1.54) is 33.3 Å². The zero-order chi connectivity index (χ0) is 39.7. The lowest BCUT2D eigenvalue weighted by molar-refractivity contribution is -0.126. The molecule has 2 unspecified atom stereocenters. The van der Waals surface area contributed by atoms with Gasteiger partial charge in [0, 0.05) is 88.2 Å². The first-order chi connectivity index (χ1) is 26.7. The number of nitrogens with one attached hydrogen (secondary N) is 1. The van der Waals surface area contributed by atoms with Gasteiger partial charge in [0.15, 0.2) is 5.82 Å². The minimum Gasteiger partial charge on any atom is -0.467 e. The summed E-state index contributed by atoms with van der Waals surface area (Å²) in [5.74, 6) is 0.287. The molecule has 3 aliphatic heterocycles.